The molecule has 110 valence electrons. The number of fused-ring (bicyclic) bond motifs is 1. The Bertz CT molecular complexity index is 584. The highest BCUT2D eigenvalue weighted by atomic mass is 16.3. The van der Waals surface area contributed by atoms with Gasteiger partial charge in [-0.1, -0.05) is 11.8 Å². The summed E-state index contributed by atoms with van der Waals surface area (Å²) in [5.41, 5.74) is 1.44. The lowest BCUT2D eigenvalue weighted by Crippen LogP contribution is -2.31. The Morgan fingerprint density at radius 1 is 1.24 bits per heavy atom. The minimum Gasteiger partial charge on any atom is -0.393 e. The zero-order valence-electron chi connectivity index (χ0n) is 11.8. The van der Waals surface area contributed by atoms with Crippen molar-refractivity contribution in [2.45, 2.75) is 18.9 Å². The maximum absolute atomic E-state index is 12.5. The van der Waals surface area contributed by atoms with E-state index in [9.17, 15) is 9.90 Å². The quantitative estimate of drug-likeness (QED) is 0.753. The number of carbonyl (C=O) groups is 1. The molecule has 0 radical (unpaired) electrons. The van der Waals surface area contributed by atoms with E-state index in [0.717, 1.165) is 24.9 Å². The summed E-state index contributed by atoms with van der Waals surface area (Å²) >= 11 is 0. The van der Waals surface area contributed by atoms with Gasteiger partial charge in [-0.25, -0.2) is 0 Å². The number of aliphatic hydroxyl groups is 2. The second kappa shape index (κ2) is 5.88. The normalized spacial score (nSPS) is 27.1. The van der Waals surface area contributed by atoms with Gasteiger partial charge in [0.15, 0.2) is 0 Å². The van der Waals surface area contributed by atoms with Crippen molar-refractivity contribution >= 4 is 5.91 Å². The maximum atomic E-state index is 12.5. The molecule has 0 aromatic heterocycles. The minimum absolute atomic E-state index is 0.0262. The van der Waals surface area contributed by atoms with Gasteiger partial charge in [-0.2, -0.15) is 0 Å². The van der Waals surface area contributed by atoms with Crippen LogP contribution in [-0.2, 0) is 0 Å². The minimum atomic E-state index is -0.246. The molecule has 1 heterocycles. The van der Waals surface area contributed by atoms with Crippen molar-refractivity contribution in [1.29, 1.82) is 0 Å². The molecule has 3 atom stereocenters. The second-order valence-electron chi connectivity index (χ2n) is 5.82. The van der Waals surface area contributed by atoms with Crippen molar-refractivity contribution in [2.24, 2.45) is 11.8 Å². The fourth-order valence-electron chi connectivity index (χ4n) is 3.42. The summed E-state index contributed by atoms with van der Waals surface area (Å²) in [6, 6.07) is 7.13. The van der Waals surface area contributed by atoms with E-state index in [-0.39, 0.29) is 24.5 Å². The van der Waals surface area contributed by atoms with E-state index in [1.165, 1.54) is 0 Å². The lowest BCUT2D eigenvalue weighted by molar-refractivity contribution is 0.0752. The van der Waals surface area contributed by atoms with E-state index in [2.05, 4.69) is 11.8 Å². The molecule has 2 fully saturated rings. The molecule has 0 spiro atoms. The van der Waals surface area contributed by atoms with Gasteiger partial charge in [-0.3, -0.25) is 4.79 Å². The molecule has 3 unspecified atom stereocenters. The van der Waals surface area contributed by atoms with E-state index in [0.29, 0.717) is 18.0 Å². The molecule has 1 aromatic rings. The first kappa shape index (κ1) is 14.1. The predicted molar refractivity (Wildman–Crippen MR) is 78.5 cm³/mol. The smallest absolute Gasteiger partial charge is 0.253 e. The number of rotatable bonds is 1. The van der Waals surface area contributed by atoms with Gasteiger partial charge in [0.25, 0.3) is 5.91 Å². The van der Waals surface area contributed by atoms with E-state index < -0.39 is 0 Å². The molecule has 1 amide bonds. The third kappa shape index (κ3) is 2.80. The number of aliphatic hydroxyl groups excluding tert-OH is 2. The van der Waals surface area contributed by atoms with Gasteiger partial charge in [-0.15, -0.1) is 0 Å². The lowest BCUT2D eigenvalue weighted by Gasteiger charge is -2.18. The molecule has 4 nitrogen and oxygen atoms in total. The van der Waals surface area contributed by atoms with Crippen LogP contribution in [0.1, 0.15) is 28.8 Å². The highest BCUT2D eigenvalue weighted by Gasteiger charge is 2.43. The fraction of sp³-hybridized carbons (Fsp3) is 0.471. The Morgan fingerprint density at radius 3 is 2.67 bits per heavy atom. The number of amides is 1. The third-order valence-corrected chi connectivity index (χ3v) is 4.55. The molecule has 2 aliphatic rings. The molecule has 21 heavy (non-hydrogen) atoms. The molecular formula is C17H19NO3. The van der Waals surface area contributed by atoms with Gasteiger partial charge in [0.2, 0.25) is 0 Å². The standard InChI is InChI=1S/C17H19NO3/c19-9-1-2-12-3-5-13(6-4-12)17(21)18-10-14-7-8-16(20)15(14)11-18/h3-6,14-16,19-20H,7-11H2. The fourth-order valence-corrected chi connectivity index (χ4v) is 3.42. The number of nitrogens with zero attached hydrogens (tertiary/aromatic N) is 1. The summed E-state index contributed by atoms with van der Waals surface area (Å²) in [6.45, 7) is 1.25. The molecule has 1 saturated carbocycles. The highest BCUT2D eigenvalue weighted by Crippen LogP contribution is 2.38. The van der Waals surface area contributed by atoms with Crippen molar-refractivity contribution in [3.63, 3.8) is 0 Å². The zero-order valence-corrected chi connectivity index (χ0v) is 11.8. The number of carbonyl (C=O) groups excluding carboxylic acids is 1. The number of hydrogen-bond donors (Lipinski definition) is 2. The number of hydrogen-bond acceptors (Lipinski definition) is 3. The SMILES string of the molecule is O=C(c1ccc(C#CCO)cc1)N1CC2CCC(O)C2C1. The summed E-state index contributed by atoms with van der Waals surface area (Å²) < 4.78 is 0. The van der Waals surface area contributed by atoms with Crippen LogP contribution in [0.4, 0.5) is 0 Å². The monoisotopic (exact) mass is 285 g/mol. The summed E-state index contributed by atoms with van der Waals surface area (Å²) in [5, 5.41) is 18.6. The van der Waals surface area contributed by atoms with Crippen LogP contribution < -0.4 is 0 Å². The molecule has 1 aromatic carbocycles. The molecule has 0 bridgehead atoms. The van der Waals surface area contributed by atoms with E-state index in [1.54, 1.807) is 24.3 Å². The summed E-state index contributed by atoms with van der Waals surface area (Å²) in [4.78, 5) is 14.3. The largest absolute Gasteiger partial charge is 0.393 e. The first-order chi connectivity index (χ1) is 10.2. The summed E-state index contributed by atoms with van der Waals surface area (Å²) in [6.07, 6.45) is 1.64. The Hall–Kier alpha value is -1.83. The lowest BCUT2D eigenvalue weighted by atomic mass is 10.00. The van der Waals surface area contributed by atoms with Crippen molar-refractivity contribution in [1.82, 2.24) is 4.90 Å². The Labute approximate surface area is 124 Å². The molecule has 1 saturated heterocycles. The Morgan fingerprint density at radius 2 is 2.00 bits per heavy atom. The highest BCUT2D eigenvalue weighted by molar-refractivity contribution is 5.94. The van der Waals surface area contributed by atoms with Crippen LogP contribution in [-0.4, -0.2) is 46.8 Å². The zero-order chi connectivity index (χ0) is 14.8. The van der Waals surface area contributed by atoms with Crippen molar-refractivity contribution in [2.75, 3.05) is 19.7 Å². The van der Waals surface area contributed by atoms with Crippen LogP contribution in [0.5, 0.6) is 0 Å². The molecule has 2 N–H and O–H groups in total. The second-order valence-corrected chi connectivity index (χ2v) is 5.82. The van der Waals surface area contributed by atoms with Crippen molar-refractivity contribution in [3.05, 3.63) is 35.4 Å². The average molecular weight is 285 g/mol. The first-order valence-corrected chi connectivity index (χ1v) is 7.36. The molecule has 3 rings (SSSR count). The van der Waals surface area contributed by atoms with Gasteiger partial charge in [0.1, 0.15) is 6.61 Å². The molecular weight excluding hydrogens is 266 g/mol. The molecule has 1 aliphatic heterocycles. The Kier molecular flexibility index (Phi) is 3.96. The third-order valence-electron chi connectivity index (χ3n) is 4.55. The van der Waals surface area contributed by atoms with Gasteiger partial charge in [-0.05, 0) is 43.0 Å². The van der Waals surface area contributed by atoms with E-state index in [1.807, 2.05) is 4.90 Å². The van der Waals surface area contributed by atoms with E-state index >= 15 is 0 Å². The van der Waals surface area contributed by atoms with Crippen LogP contribution in [0.2, 0.25) is 0 Å². The van der Waals surface area contributed by atoms with Crippen LogP contribution in [0, 0.1) is 23.7 Å². The van der Waals surface area contributed by atoms with Crippen molar-refractivity contribution in [3.8, 4) is 11.8 Å². The first-order valence-electron chi connectivity index (χ1n) is 7.36. The van der Waals surface area contributed by atoms with Gasteiger partial charge in [0, 0.05) is 30.1 Å². The number of likely N-dealkylation sites (tertiary alicyclic amines) is 1. The van der Waals surface area contributed by atoms with Crippen molar-refractivity contribution < 1.29 is 15.0 Å². The van der Waals surface area contributed by atoms with Crippen LogP contribution in [0.15, 0.2) is 24.3 Å². The summed E-state index contributed by atoms with van der Waals surface area (Å²) in [5.74, 6) is 6.13. The topological polar surface area (TPSA) is 60.8 Å². The maximum Gasteiger partial charge on any atom is 0.253 e. The van der Waals surface area contributed by atoms with Crippen LogP contribution in [0.3, 0.4) is 0 Å². The Balaban J connectivity index is 1.68. The van der Waals surface area contributed by atoms with E-state index in [4.69, 9.17) is 5.11 Å². The van der Waals surface area contributed by atoms with Crippen LogP contribution in [0.25, 0.3) is 0 Å². The molecule has 4 heteroatoms. The van der Waals surface area contributed by atoms with Crippen LogP contribution >= 0.6 is 0 Å². The predicted octanol–water partition coefficient (Wildman–Crippen LogP) is 0.873. The average Bonchev–Trinajstić information content (AvgIpc) is 3.07. The number of benzene rings is 1. The molecule has 1 aliphatic carbocycles. The van der Waals surface area contributed by atoms with Gasteiger partial charge >= 0.3 is 0 Å². The van der Waals surface area contributed by atoms with Gasteiger partial charge in [0.05, 0.1) is 6.10 Å². The summed E-state index contributed by atoms with van der Waals surface area (Å²) in [7, 11) is 0. The van der Waals surface area contributed by atoms with Gasteiger partial charge < -0.3 is 15.1 Å².